The number of hydrogen-bond donors (Lipinski definition) is 1. The molecule has 5 rings (SSSR count). The number of hydrogen-bond acceptors (Lipinski definition) is 16. The lowest BCUT2D eigenvalue weighted by Crippen LogP contribution is -2.53. The van der Waals surface area contributed by atoms with Gasteiger partial charge in [-0.3, -0.25) is 19.2 Å². The number of rotatable bonds is 24. The first-order valence-electron chi connectivity index (χ1n) is 38.0. The maximum atomic E-state index is 14.9. The third kappa shape index (κ3) is 24.1. The van der Waals surface area contributed by atoms with Crippen molar-refractivity contribution in [3.63, 3.8) is 0 Å². The van der Waals surface area contributed by atoms with Gasteiger partial charge in [-0.2, -0.15) is 0 Å². The van der Waals surface area contributed by atoms with E-state index in [-0.39, 0.29) is 83.3 Å². The zero-order valence-corrected chi connectivity index (χ0v) is 72.2. The first-order valence-corrected chi connectivity index (χ1v) is 50.8. The first-order chi connectivity index (χ1) is 45.6. The number of epoxide rings is 1. The molecule has 3 aliphatic heterocycles. The monoisotopic (exact) mass is 1520 g/mol. The number of ketones is 2. The molecule has 556 valence electrons. The zero-order valence-electron chi connectivity index (χ0n) is 65.0. The van der Waals surface area contributed by atoms with Gasteiger partial charge in [-0.1, -0.05) is 167 Å². The van der Waals surface area contributed by atoms with E-state index in [1.165, 1.54) is 0 Å². The summed E-state index contributed by atoms with van der Waals surface area (Å²) < 4.78 is 47.4. The van der Waals surface area contributed by atoms with Crippen molar-refractivity contribution in [3.05, 3.63) is 43.3 Å². The van der Waals surface area contributed by atoms with Crippen LogP contribution in [0.3, 0.4) is 0 Å². The van der Waals surface area contributed by atoms with Crippen molar-refractivity contribution < 1.29 is 56.2 Å². The van der Waals surface area contributed by atoms with Crippen LogP contribution in [0.4, 0.5) is 0 Å². The van der Waals surface area contributed by atoms with E-state index >= 15 is 0 Å². The average molecular weight is 1530 g/mol. The van der Waals surface area contributed by atoms with Crippen LogP contribution in [0.25, 0.3) is 12.2 Å². The second-order valence-corrected chi connectivity index (χ2v) is 52.6. The van der Waals surface area contributed by atoms with E-state index in [2.05, 4.69) is 130 Å². The molecule has 5 heterocycles. The number of alkyl halides is 1. The molecule has 2 aromatic rings. The Morgan fingerprint density at radius 2 is 0.866 bits per heavy atom. The van der Waals surface area contributed by atoms with E-state index in [4.69, 9.17) is 31.9 Å². The standard InChI is InChI=1S/C38H68BrNO6SSi2.C38H67NO6SSi2/c1-13-48(14-2,15-3)45-34-24-35(42)44-33(27(8)22-30-25-47-29(10)40-30)23-31(39)32(41)21-19-20-26(7)36(28(9)37(43)38(34,11)12)46-49(16-4,17-5)18-6;1-13-47(14-2,15-3)44-34-24-35(40)43-32(27(8)22-30-25-46-29(10)39-30)23-33-31(42-33)21-19-20-26(7)36(28(9)37(41)38(34,11)12)45-48(16-4,17-5)18-6/h22,25-26,28,31-34,36,41H,13-21,23-24H2,1-12H3;22,25-26,28,31-34,36H,13-21,23-24H2,1-12H3/b2*27-22+/t26-,28+,31+,32+,33?,34+,36+;26-,28+,31+,32?,33?,34-,36+/m00/s1. The van der Waals surface area contributed by atoms with Gasteiger partial charge in [-0.25, -0.2) is 9.97 Å². The van der Waals surface area contributed by atoms with Crippen LogP contribution in [0.2, 0.25) is 72.5 Å². The highest BCUT2D eigenvalue weighted by atomic mass is 79.9. The molecule has 0 spiro atoms. The fraction of sp³-hybridized carbons (Fsp3) is 0.816. The minimum atomic E-state index is -2.24. The Labute approximate surface area is 609 Å². The van der Waals surface area contributed by atoms with Gasteiger partial charge in [-0.15, -0.1) is 22.7 Å². The summed E-state index contributed by atoms with van der Waals surface area (Å²) in [7, 11) is -8.50. The van der Waals surface area contributed by atoms with E-state index in [9.17, 15) is 24.3 Å². The summed E-state index contributed by atoms with van der Waals surface area (Å²) >= 11 is 6.95. The van der Waals surface area contributed by atoms with Crippen LogP contribution in [0.5, 0.6) is 0 Å². The molecule has 0 bridgehead atoms. The summed E-state index contributed by atoms with van der Waals surface area (Å²) in [6, 6.07) is 11.7. The molecule has 0 amide bonds. The molecule has 3 fully saturated rings. The lowest BCUT2D eigenvalue weighted by molar-refractivity contribution is -0.155. The molecule has 21 heteroatoms. The fourth-order valence-corrected chi connectivity index (χ4v) is 28.9. The van der Waals surface area contributed by atoms with Crippen LogP contribution in [0.1, 0.15) is 238 Å². The topological polar surface area (TPSA) is 182 Å². The Bertz CT molecular complexity index is 2780. The number of fused-ring (bicyclic) bond motifs is 1. The number of halogens is 1. The number of aromatic nitrogens is 2. The molecule has 0 aliphatic carbocycles. The van der Waals surface area contributed by atoms with Gasteiger partial charge in [-0.05, 0) is 161 Å². The number of nitrogens with zero attached hydrogens (tertiary/aromatic N) is 2. The van der Waals surface area contributed by atoms with E-state index in [0.29, 0.717) is 19.3 Å². The summed E-state index contributed by atoms with van der Waals surface area (Å²) in [6.07, 6.45) is 7.19. The third-order valence-corrected chi connectivity index (χ3v) is 44.8. The number of Topliss-reactive ketones (excluding diaryl/α,β-unsaturated/α-hetero) is 2. The summed E-state index contributed by atoms with van der Waals surface area (Å²) in [5, 5.41) is 17.3. The summed E-state index contributed by atoms with van der Waals surface area (Å²) in [5.41, 5.74) is 1.66. The number of esters is 2. The molecule has 0 radical (unpaired) electrons. The van der Waals surface area contributed by atoms with Crippen molar-refractivity contribution in [3.8, 4) is 0 Å². The van der Waals surface area contributed by atoms with Crippen molar-refractivity contribution in [1.82, 2.24) is 9.97 Å². The number of carbonyl (C=O) groups excluding carboxylic acids is 4. The number of carbonyl (C=O) groups is 4. The molecule has 1 N–H and O–H groups in total. The van der Waals surface area contributed by atoms with E-state index in [0.717, 1.165) is 137 Å². The van der Waals surface area contributed by atoms with Crippen LogP contribution in [-0.4, -0.2) is 132 Å². The normalized spacial score (nSPS) is 29.3. The number of cyclic esters (lactones) is 2. The summed E-state index contributed by atoms with van der Waals surface area (Å²) in [6.45, 7) is 51.0. The molecule has 97 heavy (non-hydrogen) atoms. The maximum absolute atomic E-state index is 14.9. The highest BCUT2D eigenvalue weighted by Gasteiger charge is 2.51. The lowest BCUT2D eigenvalue weighted by Gasteiger charge is -2.44. The Hall–Kier alpha value is -1.87. The smallest absolute Gasteiger partial charge is 0.309 e. The number of aryl methyl sites for hydroxylation is 2. The van der Waals surface area contributed by atoms with Crippen molar-refractivity contribution in [2.75, 3.05) is 0 Å². The number of aliphatic hydroxyl groups excluding tert-OH is 1. The largest absolute Gasteiger partial charge is 0.458 e. The molecule has 2 aromatic heterocycles. The van der Waals surface area contributed by atoms with Crippen LogP contribution >= 0.6 is 38.6 Å². The molecular weight excluding hydrogens is 1390 g/mol. The molecule has 3 unspecified atom stereocenters. The van der Waals surface area contributed by atoms with E-state index < -0.39 is 80.6 Å². The minimum absolute atomic E-state index is 0.0199. The van der Waals surface area contributed by atoms with Gasteiger partial charge in [0.05, 0.1) is 77.0 Å². The quantitative estimate of drug-likeness (QED) is 0.0453. The Balaban J connectivity index is 0.000000412. The van der Waals surface area contributed by atoms with Crippen LogP contribution in [0, 0.1) is 48.3 Å². The lowest BCUT2D eigenvalue weighted by atomic mass is 9.73. The zero-order chi connectivity index (χ0) is 73.0. The molecule has 3 saturated heterocycles. The van der Waals surface area contributed by atoms with Crippen LogP contribution < -0.4 is 0 Å². The van der Waals surface area contributed by atoms with Crippen LogP contribution in [-0.2, 0) is 51.1 Å². The van der Waals surface area contributed by atoms with E-state index in [1.54, 1.807) is 22.7 Å². The van der Waals surface area contributed by atoms with Gasteiger partial charge in [0.25, 0.3) is 0 Å². The first kappa shape index (κ1) is 87.5. The minimum Gasteiger partial charge on any atom is -0.458 e. The Morgan fingerprint density at radius 1 is 0.536 bits per heavy atom. The molecule has 3 aliphatic rings. The second-order valence-electron chi connectivity index (χ2n) is 30.4. The van der Waals surface area contributed by atoms with Crippen LogP contribution in [0.15, 0.2) is 21.9 Å². The number of thiazole rings is 2. The predicted octanol–water partition coefficient (Wildman–Crippen LogP) is 20.6. The Kier molecular flexibility index (Phi) is 36.0. The SMILES string of the molecule is CC[Si](CC)(CC)O[C@@H]1[C@@H](C)CCC[C@@H](O)[C@H](Br)CC(/C(C)=C/c2csc(C)n2)OC(=O)C[C@@H](O[Si](CC)(CC)CC)C(C)(C)C(=O)[C@@H]1C.CC[Si](CC)(CC)O[C@@H]1[C@@H](C)CCC[C@H]2OC2CC(/C(C)=C/c2csc(C)n2)OC(=O)C[C@H](O[Si](CC)(CC)CC)C(C)(C)C(=O)[C@@H]1C. The number of ether oxygens (including phenoxy) is 3. The summed E-state index contributed by atoms with van der Waals surface area (Å²) in [4.78, 5) is 66.7. The van der Waals surface area contributed by atoms with Crippen molar-refractivity contribution in [2.24, 2.45) is 34.5 Å². The van der Waals surface area contributed by atoms with Crippen molar-refractivity contribution in [2.45, 2.75) is 363 Å². The van der Waals surface area contributed by atoms with Gasteiger partial charge in [0.2, 0.25) is 0 Å². The van der Waals surface area contributed by atoms with Crippen molar-refractivity contribution >= 4 is 108 Å². The van der Waals surface area contributed by atoms with Gasteiger partial charge >= 0.3 is 11.9 Å². The van der Waals surface area contributed by atoms with Gasteiger partial charge in [0.15, 0.2) is 33.3 Å². The van der Waals surface area contributed by atoms with E-state index in [1.807, 2.05) is 85.2 Å². The second kappa shape index (κ2) is 39.8. The van der Waals surface area contributed by atoms with Gasteiger partial charge in [0.1, 0.15) is 23.8 Å². The highest BCUT2D eigenvalue weighted by molar-refractivity contribution is 9.09. The highest BCUT2D eigenvalue weighted by Crippen LogP contribution is 2.44. The van der Waals surface area contributed by atoms with Crippen molar-refractivity contribution in [1.29, 1.82) is 0 Å². The third-order valence-electron chi connectivity index (χ3n) is 23.7. The van der Waals surface area contributed by atoms with Gasteiger partial charge < -0.3 is 37.0 Å². The predicted molar refractivity (Wildman–Crippen MR) is 417 cm³/mol. The average Bonchev–Trinajstić information content (AvgIpc) is 0.932. The molecular formula is C76H135BrN2O12S2Si4. The molecule has 14 atom stereocenters. The Morgan fingerprint density at radius 3 is 1.20 bits per heavy atom. The maximum Gasteiger partial charge on any atom is 0.309 e. The molecule has 14 nitrogen and oxygen atoms in total. The summed E-state index contributed by atoms with van der Waals surface area (Å²) in [5.74, 6) is -0.879. The number of aliphatic hydroxyl groups is 1. The molecule has 0 aromatic carbocycles. The fourth-order valence-electron chi connectivity index (χ4n) is 15.2. The van der Waals surface area contributed by atoms with Gasteiger partial charge in [0, 0.05) is 51.1 Å². The molecule has 0 saturated carbocycles.